The summed E-state index contributed by atoms with van der Waals surface area (Å²) in [6, 6.07) is 4.43. The second-order valence-electron chi connectivity index (χ2n) is 4.77. The molecule has 1 heterocycles. The van der Waals surface area contributed by atoms with E-state index in [0.29, 0.717) is 12.2 Å². The van der Waals surface area contributed by atoms with Crippen LogP contribution in [0.25, 0.3) is 0 Å². The van der Waals surface area contributed by atoms with Gasteiger partial charge in [0.2, 0.25) is 0 Å². The molecule has 1 aliphatic heterocycles. The van der Waals surface area contributed by atoms with Crippen LogP contribution >= 0.6 is 0 Å². The first-order chi connectivity index (χ1) is 9.22. The largest absolute Gasteiger partial charge is 0.496 e. The highest BCUT2D eigenvalue weighted by Crippen LogP contribution is 2.24. The molecular formula is C15H19FO3. The van der Waals surface area contributed by atoms with Crippen molar-refractivity contribution in [3.8, 4) is 5.75 Å². The van der Waals surface area contributed by atoms with Crippen LogP contribution in [-0.4, -0.2) is 25.6 Å². The lowest BCUT2D eigenvalue weighted by Gasteiger charge is -2.10. The van der Waals surface area contributed by atoms with Gasteiger partial charge in [0.15, 0.2) is 5.78 Å². The Kier molecular flexibility index (Phi) is 4.91. The normalized spacial score (nSPS) is 18.5. The Morgan fingerprint density at radius 1 is 1.53 bits per heavy atom. The molecule has 4 heteroatoms. The van der Waals surface area contributed by atoms with Gasteiger partial charge in [0.25, 0.3) is 0 Å². The minimum atomic E-state index is -0.513. The van der Waals surface area contributed by atoms with Gasteiger partial charge in [-0.2, -0.15) is 0 Å². The minimum Gasteiger partial charge on any atom is -0.496 e. The molecule has 1 saturated heterocycles. The van der Waals surface area contributed by atoms with E-state index >= 15 is 0 Å². The number of benzene rings is 1. The molecule has 19 heavy (non-hydrogen) atoms. The second kappa shape index (κ2) is 6.66. The van der Waals surface area contributed by atoms with Crippen molar-refractivity contribution in [1.29, 1.82) is 0 Å². The molecule has 1 aromatic carbocycles. The van der Waals surface area contributed by atoms with Gasteiger partial charge in [-0.15, -0.1) is 0 Å². The Balaban J connectivity index is 1.92. The molecule has 1 unspecified atom stereocenters. The van der Waals surface area contributed by atoms with Gasteiger partial charge >= 0.3 is 0 Å². The Bertz CT molecular complexity index is 439. The van der Waals surface area contributed by atoms with E-state index in [9.17, 15) is 9.18 Å². The van der Waals surface area contributed by atoms with Crippen molar-refractivity contribution in [3.63, 3.8) is 0 Å². The number of ketones is 1. The smallest absolute Gasteiger partial charge is 0.169 e. The van der Waals surface area contributed by atoms with Gasteiger partial charge in [0.05, 0.1) is 18.8 Å². The fraction of sp³-hybridized carbons (Fsp3) is 0.533. The lowest BCUT2D eigenvalue weighted by atomic mass is 10.0. The molecule has 0 radical (unpaired) electrons. The van der Waals surface area contributed by atoms with Crippen molar-refractivity contribution in [3.05, 3.63) is 29.6 Å². The van der Waals surface area contributed by atoms with Crippen LogP contribution in [0.5, 0.6) is 5.75 Å². The number of ether oxygens (including phenoxy) is 2. The number of hydrogen-bond donors (Lipinski definition) is 0. The van der Waals surface area contributed by atoms with E-state index in [1.165, 1.54) is 19.2 Å². The summed E-state index contributed by atoms with van der Waals surface area (Å²) in [5.41, 5.74) is 0.0670. The number of halogens is 1. The maximum Gasteiger partial charge on any atom is 0.169 e. The van der Waals surface area contributed by atoms with Crippen LogP contribution in [0.1, 0.15) is 42.5 Å². The summed E-state index contributed by atoms with van der Waals surface area (Å²) >= 11 is 0. The van der Waals surface area contributed by atoms with Crippen LogP contribution in [-0.2, 0) is 4.74 Å². The van der Waals surface area contributed by atoms with Gasteiger partial charge in [-0.25, -0.2) is 4.39 Å². The highest BCUT2D eigenvalue weighted by atomic mass is 19.1. The molecule has 1 atom stereocenters. The standard InChI is InChI=1S/C15H19FO3/c1-18-14-9-3-7-12(16)15(14)13(17)8-2-5-11-6-4-10-19-11/h3,7,9,11H,2,4-6,8,10H2,1H3. The fourth-order valence-electron chi connectivity index (χ4n) is 2.43. The summed E-state index contributed by atoms with van der Waals surface area (Å²) in [6.45, 7) is 0.819. The van der Waals surface area contributed by atoms with E-state index in [1.807, 2.05) is 0 Å². The lowest BCUT2D eigenvalue weighted by molar-refractivity contribution is 0.0918. The zero-order valence-corrected chi connectivity index (χ0v) is 11.2. The summed E-state index contributed by atoms with van der Waals surface area (Å²) in [5, 5.41) is 0. The molecular weight excluding hydrogens is 247 g/mol. The Hall–Kier alpha value is -1.42. The predicted octanol–water partition coefficient (Wildman–Crippen LogP) is 3.37. The van der Waals surface area contributed by atoms with Crippen molar-refractivity contribution in [2.24, 2.45) is 0 Å². The second-order valence-corrected chi connectivity index (χ2v) is 4.77. The highest BCUT2D eigenvalue weighted by molar-refractivity contribution is 5.98. The average Bonchev–Trinajstić information content (AvgIpc) is 2.91. The number of carbonyl (C=O) groups is 1. The Morgan fingerprint density at radius 3 is 3.05 bits per heavy atom. The van der Waals surface area contributed by atoms with Crippen LogP contribution in [0.3, 0.4) is 0 Å². The van der Waals surface area contributed by atoms with E-state index in [4.69, 9.17) is 9.47 Å². The quantitative estimate of drug-likeness (QED) is 0.741. The van der Waals surface area contributed by atoms with Crippen molar-refractivity contribution >= 4 is 5.78 Å². The van der Waals surface area contributed by atoms with E-state index in [2.05, 4.69) is 0 Å². The van der Waals surface area contributed by atoms with Crippen molar-refractivity contribution in [1.82, 2.24) is 0 Å². The summed E-state index contributed by atoms with van der Waals surface area (Å²) in [6.07, 6.45) is 4.35. The third-order valence-corrected chi connectivity index (χ3v) is 3.43. The van der Waals surface area contributed by atoms with Crippen LogP contribution < -0.4 is 4.74 Å². The Labute approximate surface area is 112 Å². The molecule has 0 saturated carbocycles. The van der Waals surface area contributed by atoms with E-state index < -0.39 is 5.82 Å². The SMILES string of the molecule is COc1cccc(F)c1C(=O)CCCC1CCCO1. The predicted molar refractivity (Wildman–Crippen MR) is 70.1 cm³/mol. The number of carbonyl (C=O) groups excluding carboxylic acids is 1. The summed E-state index contributed by atoms with van der Waals surface area (Å²) in [4.78, 5) is 12.1. The van der Waals surface area contributed by atoms with Crippen LogP contribution in [0.15, 0.2) is 18.2 Å². The van der Waals surface area contributed by atoms with E-state index in [0.717, 1.165) is 32.3 Å². The van der Waals surface area contributed by atoms with Gasteiger partial charge in [0.1, 0.15) is 11.6 Å². The molecule has 1 aromatic rings. The third kappa shape index (κ3) is 3.53. The van der Waals surface area contributed by atoms with E-state index in [-0.39, 0.29) is 17.5 Å². The summed E-state index contributed by atoms with van der Waals surface area (Å²) in [7, 11) is 1.44. The van der Waals surface area contributed by atoms with Crippen LogP contribution in [0.2, 0.25) is 0 Å². The van der Waals surface area contributed by atoms with E-state index in [1.54, 1.807) is 6.07 Å². The van der Waals surface area contributed by atoms with Crippen LogP contribution in [0.4, 0.5) is 4.39 Å². The van der Waals surface area contributed by atoms with Gasteiger partial charge in [-0.1, -0.05) is 6.07 Å². The molecule has 0 aromatic heterocycles. The zero-order valence-electron chi connectivity index (χ0n) is 11.2. The first-order valence-corrected chi connectivity index (χ1v) is 6.69. The summed E-state index contributed by atoms with van der Waals surface area (Å²) < 4.78 is 24.2. The number of rotatable bonds is 6. The average molecular weight is 266 g/mol. The van der Waals surface area contributed by atoms with Gasteiger partial charge in [-0.05, 0) is 37.8 Å². The van der Waals surface area contributed by atoms with Gasteiger partial charge in [0, 0.05) is 13.0 Å². The molecule has 104 valence electrons. The maximum atomic E-state index is 13.7. The molecule has 2 rings (SSSR count). The minimum absolute atomic E-state index is 0.0670. The van der Waals surface area contributed by atoms with Crippen molar-refractivity contribution in [2.75, 3.05) is 13.7 Å². The zero-order chi connectivity index (χ0) is 13.7. The van der Waals surface area contributed by atoms with Crippen molar-refractivity contribution < 1.29 is 18.7 Å². The monoisotopic (exact) mass is 266 g/mol. The molecule has 3 nitrogen and oxygen atoms in total. The van der Waals surface area contributed by atoms with Gasteiger partial charge in [-0.3, -0.25) is 4.79 Å². The number of methoxy groups -OCH3 is 1. The lowest BCUT2D eigenvalue weighted by Crippen LogP contribution is -2.08. The molecule has 1 fully saturated rings. The van der Waals surface area contributed by atoms with Crippen LogP contribution in [0, 0.1) is 5.82 Å². The summed E-state index contributed by atoms with van der Waals surface area (Å²) in [5.74, 6) is -0.406. The highest BCUT2D eigenvalue weighted by Gasteiger charge is 2.19. The number of Topliss-reactive ketones (excluding diaryl/α,β-unsaturated/α-hetero) is 1. The molecule has 0 spiro atoms. The van der Waals surface area contributed by atoms with Gasteiger partial charge < -0.3 is 9.47 Å². The molecule has 0 N–H and O–H groups in total. The number of hydrogen-bond acceptors (Lipinski definition) is 3. The van der Waals surface area contributed by atoms with Crippen molar-refractivity contribution in [2.45, 2.75) is 38.2 Å². The molecule has 1 aliphatic rings. The maximum absolute atomic E-state index is 13.7. The molecule has 0 amide bonds. The first-order valence-electron chi connectivity index (χ1n) is 6.69. The fourth-order valence-corrected chi connectivity index (χ4v) is 2.43. The molecule has 0 aliphatic carbocycles. The topological polar surface area (TPSA) is 35.5 Å². The molecule has 0 bridgehead atoms. The Morgan fingerprint density at radius 2 is 2.37 bits per heavy atom. The third-order valence-electron chi connectivity index (χ3n) is 3.43. The first kappa shape index (κ1) is 14.0.